The summed E-state index contributed by atoms with van der Waals surface area (Å²) < 4.78 is 0. The quantitative estimate of drug-likeness (QED) is 0.722. The zero-order valence-electron chi connectivity index (χ0n) is 16.7. The summed E-state index contributed by atoms with van der Waals surface area (Å²) in [4.78, 5) is 28.3. The molecule has 0 saturated carbocycles. The zero-order valence-corrected chi connectivity index (χ0v) is 17.5. The van der Waals surface area contributed by atoms with Crippen LogP contribution in [-0.2, 0) is 4.79 Å². The van der Waals surface area contributed by atoms with E-state index in [1.165, 1.54) is 12.8 Å². The summed E-state index contributed by atoms with van der Waals surface area (Å²) in [5, 5.41) is 0.692. The smallest absolute Gasteiger partial charge is 0.246 e. The Balaban J connectivity index is 1.36. The summed E-state index contributed by atoms with van der Waals surface area (Å²) in [6, 6.07) is 9.49. The maximum absolute atomic E-state index is 12.5. The van der Waals surface area contributed by atoms with Gasteiger partial charge in [-0.25, -0.2) is 4.98 Å². The first kappa shape index (κ1) is 19.7. The molecule has 2 aliphatic rings. The molecule has 0 atom stereocenters. The lowest BCUT2D eigenvalue weighted by Gasteiger charge is -2.35. The highest BCUT2D eigenvalue weighted by Crippen LogP contribution is 2.22. The van der Waals surface area contributed by atoms with E-state index in [0.717, 1.165) is 49.2 Å². The van der Waals surface area contributed by atoms with E-state index < -0.39 is 0 Å². The van der Waals surface area contributed by atoms with Crippen molar-refractivity contribution in [3.8, 4) is 0 Å². The van der Waals surface area contributed by atoms with Crippen LogP contribution in [0.25, 0.3) is 6.08 Å². The Hall–Kier alpha value is -2.60. The maximum atomic E-state index is 12.5. The Morgan fingerprint density at radius 2 is 1.66 bits per heavy atom. The van der Waals surface area contributed by atoms with Gasteiger partial charge in [-0.1, -0.05) is 23.7 Å². The van der Waals surface area contributed by atoms with Crippen molar-refractivity contribution in [3.63, 3.8) is 0 Å². The van der Waals surface area contributed by atoms with Crippen LogP contribution in [0.4, 0.5) is 11.8 Å². The monoisotopic (exact) mass is 411 g/mol. The highest BCUT2D eigenvalue weighted by molar-refractivity contribution is 6.30. The highest BCUT2D eigenvalue weighted by Gasteiger charge is 2.22. The average Bonchev–Trinajstić information content (AvgIpc) is 3.28. The molecule has 0 spiro atoms. The van der Waals surface area contributed by atoms with Gasteiger partial charge in [0.05, 0.1) is 0 Å². The molecule has 0 aliphatic carbocycles. The second kappa shape index (κ2) is 8.82. The molecule has 6 nitrogen and oxygen atoms in total. The fraction of sp³-hybridized carbons (Fsp3) is 0.409. The van der Waals surface area contributed by atoms with Gasteiger partial charge in [0.15, 0.2) is 0 Å². The Labute approximate surface area is 176 Å². The van der Waals surface area contributed by atoms with E-state index in [9.17, 15) is 4.79 Å². The molecule has 0 unspecified atom stereocenters. The Kier molecular flexibility index (Phi) is 6.00. The largest absolute Gasteiger partial charge is 0.353 e. The van der Waals surface area contributed by atoms with Gasteiger partial charge in [-0.3, -0.25) is 4.79 Å². The first-order valence-electron chi connectivity index (χ1n) is 10.2. The van der Waals surface area contributed by atoms with Crippen LogP contribution in [0.3, 0.4) is 0 Å². The van der Waals surface area contributed by atoms with Crippen molar-refractivity contribution < 1.29 is 4.79 Å². The van der Waals surface area contributed by atoms with Gasteiger partial charge in [-0.15, -0.1) is 0 Å². The van der Waals surface area contributed by atoms with Gasteiger partial charge in [0.2, 0.25) is 11.9 Å². The number of benzene rings is 1. The van der Waals surface area contributed by atoms with E-state index in [2.05, 4.69) is 14.8 Å². The normalized spacial score (nSPS) is 17.4. The molecule has 0 radical (unpaired) electrons. The van der Waals surface area contributed by atoms with Crippen molar-refractivity contribution in [1.29, 1.82) is 0 Å². The van der Waals surface area contributed by atoms with Crippen LogP contribution in [-0.4, -0.2) is 60.0 Å². The molecule has 3 heterocycles. The number of hydrogen-bond acceptors (Lipinski definition) is 5. The Morgan fingerprint density at radius 3 is 2.34 bits per heavy atom. The standard InChI is InChI=1S/C22H26ClN5O/c1-17-16-20(25-22(24-17)28-10-2-3-11-28)26-12-14-27(15-13-26)21(29)9-6-18-4-7-19(23)8-5-18/h4-9,16H,2-3,10-15H2,1H3/b9-6+. The number of aryl methyl sites for hydroxylation is 1. The molecular weight excluding hydrogens is 386 g/mol. The second-order valence-electron chi connectivity index (χ2n) is 7.56. The minimum absolute atomic E-state index is 0.0382. The minimum atomic E-state index is 0.0382. The van der Waals surface area contributed by atoms with Crippen LogP contribution >= 0.6 is 11.6 Å². The second-order valence-corrected chi connectivity index (χ2v) is 8.00. The third-order valence-electron chi connectivity index (χ3n) is 5.42. The van der Waals surface area contributed by atoms with Gasteiger partial charge in [0.1, 0.15) is 5.82 Å². The summed E-state index contributed by atoms with van der Waals surface area (Å²) in [5.74, 6) is 1.83. The van der Waals surface area contributed by atoms with Crippen molar-refractivity contribution >= 4 is 35.4 Å². The topological polar surface area (TPSA) is 52.6 Å². The van der Waals surface area contributed by atoms with Crippen LogP contribution < -0.4 is 9.80 Å². The number of rotatable bonds is 4. The fourth-order valence-corrected chi connectivity index (χ4v) is 3.89. The van der Waals surface area contributed by atoms with Crippen molar-refractivity contribution in [2.75, 3.05) is 49.1 Å². The summed E-state index contributed by atoms with van der Waals surface area (Å²) in [5.41, 5.74) is 1.95. The van der Waals surface area contributed by atoms with Gasteiger partial charge >= 0.3 is 0 Å². The lowest BCUT2D eigenvalue weighted by atomic mass is 10.2. The van der Waals surface area contributed by atoms with E-state index in [1.54, 1.807) is 6.08 Å². The van der Waals surface area contributed by atoms with Crippen molar-refractivity contribution in [2.24, 2.45) is 0 Å². The molecule has 29 heavy (non-hydrogen) atoms. The number of amides is 1. The first-order valence-corrected chi connectivity index (χ1v) is 10.5. The van der Waals surface area contributed by atoms with Gasteiger partial charge < -0.3 is 14.7 Å². The molecule has 1 aromatic heterocycles. The van der Waals surface area contributed by atoms with E-state index in [1.807, 2.05) is 48.2 Å². The Morgan fingerprint density at radius 1 is 0.966 bits per heavy atom. The van der Waals surface area contributed by atoms with E-state index in [-0.39, 0.29) is 5.91 Å². The number of carbonyl (C=O) groups excluding carboxylic acids is 1. The summed E-state index contributed by atoms with van der Waals surface area (Å²) in [7, 11) is 0. The van der Waals surface area contributed by atoms with Crippen LogP contribution in [0.15, 0.2) is 36.4 Å². The van der Waals surface area contributed by atoms with Crippen molar-refractivity contribution in [3.05, 3.63) is 52.7 Å². The third-order valence-corrected chi connectivity index (χ3v) is 5.67. The molecule has 1 amide bonds. The molecular formula is C22H26ClN5O. The lowest BCUT2D eigenvalue weighted by molar-refractivity contribution is -0.126. The van der Waals surface area contributed by atoms with E-state index in [0.29, 0.717) is 18.1 Å². The van der Waals surface area contributed by atoms with Gasteiger partial charge in [0.25, 0.3) is 0 Å². The Bertz CT molecular complexity index is 885. The lowest BCUT2D eigenvalue weighted by Crippen LogP contribution is -2.48. The number of nitrogens with zero attached hydrogens (tertiary/aromatic N) is 5. The number of halogens is 1. The maximum Gasteiger partial charge on any atom is 0.246 e. The SMILES string of the molecule is Cc1cc(N2CCN(C(=O)/C=C/c3ccc(Cl)cc3)CC2)nc(N2CCCC2)n1. The van der Waals surface area contributed by atoms with Gasteiger partial charge in [-0.05, 0) is 43.5 Å². The molecule has 4 rings (SSSR count). The number of aromatic nitrogens is 2. The molecule has 0 bridgehead atoms. The van der Waals surface area contributed by atoms with Crippen LogP contribution in [0.5, 0.6) is 0 Å². The summed E-state index contributed by atoms with van der Waals surface area (Å²) in [6.45, 7) is 7.01. The third kappa shape index (κ3) is 4.88. The number of piperazine rings is 1. The van der Waals surface area contributed by atoms with Gasteiger partial charge in [-0.2, -0.15) is 4.98 Å². The number of anilines is 2. The molecule has 2 fully saturated rings. The van der Waals surface area contributed by atoms with Crippen LogP contribution in [0.2, 0.25) is 5.02 Å². The summed E-state index contributed by atoms with van der Waals surface area (Å²) in [6.07, 6.45) is 5.88. The molecule has 7 heteroatoms. The first-order chi connectivity index (χ1) is 14.1. The number of carbonyl (C=O) groups is 1. The van der Waals surface area contributed by atoms with Crippen molar-refractivity contribution in [1.82, 2.24) is 14.9 Å². The fourth-order valence-electron chi connectivity index (χ4n) is 3.76. The molecule has 1 aromatic carbocycles. The van der Waals surface area contributed by atoms with Gasteiger partial charge in [0, 0.05) is 62.1 Å². The van der Waals surface area contributed by atoms with Crippen molar-refractivity contribution in [2.45, 2.75) is 19.8 Å². The minimum Gasteiger partial charge on any atom is -0.353 e. The van der Waals surface area contributed by atoms with Crippen LogP contribution in [0.1, 0.15) is 24.1 Å². The van der Waals surface area contributed by atoms with E-state index >= 15 is 0 Å². The summed E-state index contributed by atoms with van der Waals surface area (Å²) >= 11 is 5.90. The molecule has 152 valence electrons. The highest BCUT2D eigenvalue weighted by atomic mass is 35.5. The molecule has 0 N–H and O–H groups in total. The molecule has 2 aromatic rings. The van der Waals surface area contributed by atoms with E-state index in [4.69, 9.17) is 16.6 Å². The van der Waals surface area contributed by atoms with Crippen LogP contribution in [0, 0.1) is 6.92 Å². The zero-order chi connectivity index (χ0) is 20.2. The molecule has 2 aliphatic heterocycles. The average molecular weight is 412 g/mol. The number of hydrogen-bond donors (Lipinski definition) is 0. The predicted octanol–water partition coefficient (Wildman–Crippen LogP) is 3.40. The predicted molar refractivity (Wildman–Crippen MR) is 117 cm³/mol. The molecule has 2 saturated heterocycles.